The zero-order chi connectivity index (χ0) is 22.1. The minimum atomic E-state index is -0.725. The van der Waals surface area contributed by atoms with Gasteiger partial charge in [-0.2, -0.15) is 0 Å². The molecule has 1 N–H and O–H groups in total. The number of aromatic nitrogens is 1. The van der Waals surface area contributed by atoms with Gasteiger partial charge in [0.2, 0.25) is 5.78 Å². The number of carbonyl (C=O) groups excluding carboxylic acids is 4. The molecule has 2 amide bonds. The highest BCUT2D eigenvalue weighted by molar-refractivity contribution is 6.22. The van der Waals surface area contributed by atoms with Crippen LogP contribution in [0.3, 0.4) is 0 Å². The molecule has 7 nitrogen and oxygen atoms in total. The molecule has 3 aromatic rings. The van der Waals surface area contributed by atoms with E-state index in [9.17, 15) is 19.2 Å². The Morgan fingerprint density at radius 2 is 1.77 bits per heavy atom. The highest BCUT2D eigenvalue weighted by Gasteiger charge is 2.35. The maximum Gasteiger partial charge on any atom is 0.338 e. The predicted molar refractivity (Wildman–Crippen MR) is 114 cm³/mol. The van der Waals surface area contributed by atoms with Gasteiger partial charge in [0, 0.05) is 29.2 Å². The summed E-state index contributed by atoms with van der Waals surface area (Å²) in [6.07, 6.45) is 2.29. The summed E-state index contributed by atoms with van der Waals surface area (Å²) in [5.74, 6) is -1.47. The molecule has 2 aromatic carbocycles. The number of aromatic amines is 1. The fourth-order valence-electron chi connectivity index (χ4n) is 3.60. The molecule has 0 fully saturated rings. The first-order valence-corrected chi connectivity index (χ1v) is 10.1. The summed E-state index contributed by atoms with van der Waals surface area (Å²) in [5.41, 5.74) is 1.85. The second kappa shape index (κ2) is 8.18. The third kappa shape index (κ3) is 3.86. The summed E-state index contributed by atoms with van der Waals surface area (Å²) in [7, 11) is 0. The van der Waals surface area contributed by atoms with Gasteiger partial charge >= 0.3 is 5.97 Å². The van der Waals surface area contributed by atoms with Crippen molar-refractivity contribution >= 4 is 34.5 Å². The average Bonchev–Trinajstić information content (AvgIpc) is 3.29. The van der Waals surface area contributed by atoms with E-state index in [1.165, 1.54) is 23.1 Å². The lowest BCUT2D eigenvalue weighted by Gasteiger charge is -2.14. The van der Waals surface area contributed by atoms with Crippen molar-refractivity contribution in [1.29, 1.82) is 0 Å². The number of ether oxygens (including phenoxy) is 1. The van der Waals surface area contributed by atoms with E-state index in [2.05, 4.69) is 4.98 Å². The monoisotopic (exact) mass is 418 g/mol. The third-order valence-electron chi connectivity index (χ3n) is 5.36. The number of para-hydroxylation sites is 1. The van der Waals surface area contributed by atoms with Crippen LogP contribution in [0.2, 0.25) is 0 Å². The van der Waals surface area contributed by atoms with E-state index in [1.807, 2.05) is 38.1 Å². The Morgan fingerprint density at radius 3 is 2.55 bits per heavy atom. The molecule has 0 saturated heterocycles. The van der Waals surface area contributed by atoms with E-state index in [0.29, 0.717) is 24.4 Å². The lowest BCUT2D eigenvalue weighted by Crippen LogP contribution is -2.31. The van der Waals surface area contributed by atoms with Crippen molar-refractivity contribution in [2.24, 2.45) is 5.92 Å². The van der Waals surface area contributed by atoms with Crippen LogP contribution in [0, 0.1) is 5.92 Å². The molecule has 0 aliphatic carbocycles. The van der Waals surface area contributed by atoms with Gasteiger partial charge in [-0.05, 0) is 36.6 Å². The standard InChI is InChI=1S/C24H22N2O5/c1-14(2)9-10-26-22(28)17-8-7-15(11-18(17)23(26)29)24(30)31-13-21(27)19-12-25-20-6-4-3-5-16(19)20/h3-8,11-12,14,25H,9-10,13H2,1-2H3. The van der Waals surface area contributed by atoms with Gasteiger partial charge in [0.15, 0.2) is 6.61 Å². The Hall–Kier alpha value is -3.74. The Kier molecular flexibility index (Phi) is 5.42. The van der Waals surface area contributed by atoms with Crippen LogP contribution in [0.5, 0.6) is 0 Å². The summed E-state index contributed by atoms with van der Waals surface area (Å²) in [5, 5.41) is 0.756. The SMILES string of the molecule is CC(C)CCN1C(=O)c2ccc(C(=O)OCC(=O)c3c[nH]c4ccccc34)cc2C1=O. The highest BCUT2D eigenvalue weighted by Crippen LogP contribution is 2.25. The molecule has 158 valence electrons. The molecular weight excluding hydrogens is 396 g/mol. The minimum Gasteiger partial charge on any atom is -0.454 e. The quantitative estimate of drug-likeness (QED) is 0.357. The normalized spacial score (nSPS) is 13.2. The average molecular weight is 418 g/mol. The molecule has 0 spiro atoms. The van der Waals surface area contributed by atoms with Gasteiger partial charge in [0.1, 0.15) is 0 Å². The number of ketones is 1. The molecule has 0 atom stereocenters. The number of amides is 2. The Bertz CT molecular complexity index is 1210. The van der Waals surface area contributed by atoms with Crippen LogP contribution in [-0.2, 0) is 4.74 Å². The van der Waals surface area contributed by atoms with Crippen LogP contribution >= 0.6 is 0 Å². The van der Waals surface area contributed by atoms with Gasteiger partial charge < -0.3 is 9.72 Å². The van der Waals surface area contributed by atoms with Crippen LogP contribution in [0.25, 0.3) is 10.9 Å². The van der Waals surface area contributed by atoms with Gasteiger partial charge in [0.25, 0.3) is 11.8 Å². The van der Waals surface area contributed by atoms with E-state index in [1.54, 1.807) is 6.20 Å². The van der Waals surface area contributed by atoms with Gasteiger partial charge in [0.05, 0.1) is 16.7 Å². The molecule has 7 heteroatoms. The zero-order valence-electron chi connectivity index (χ0n) is 17.3. The van der Waals surface area contributed by atoms with Crippen molar-refractivity contribution in [3.8, 4) is 0 Å². The van der Waals surface area contributed by atoms with Crippen molar-refractivity contribution in [3.63, 3.8) is 0 Å². The number of carbonyl (C=O) groups is 4. The number of fused-ring (bicyclic) bond motifs is 2. The van der Waals surface area contributed by atoms with Crippen LogP contribution in [0.1, 0.15) is 61.7 Å². The van der Waals surface area contributed by atoms with E-state index in [-0.39, 0.29) is 28.4 Å². The Balaban J connectivity index is 1.45. The number of Topliss-reactive ketones (excluding diaryl/α,β-unsaturated/α-hetero) is 1. The number of benzene rings is 2. The number of hydrogen-bond donors (Lipinski definition) is 1. The molecule has 1 aromatic heterocycles. The molecule has 0 saturated carbocycles. The Morgan fingerprint density at radius 1 is 1.03 bits per heavy atom. The number of nitrogens with zero attached hydrogens (tertiary/aromatic N) is 1. The van der Waals surface area contributed by atoms with Gasteiger partial charge in [-0.3, -0.25) is 19.3 Å². The van der Waals surface area contributed by atoms with E-state index < -0.39 is 18.5 Å². The summed E-state index contributed by atoms with van der Waals surface area (Å²) < 4.78 is 5.18. The summed E-state index contributed by atoms with van der Waals surface area (Å²) in [4.78, 5) is 54.3. The third-order valence-corrected chi connectivity index (χ3v) is 5.36. The van der Waals surface area contributed by atoms with E-state index in [0.717, 1.165) is 10.9 Å². The summed E-state index contributed by atoms with van der Waals surface area (Å²) in [6, 6.07) is 11.6. The molecular formula is C24H22N2O5. The molecule has 0 bridgehead atoms. The molecule has 0 unspecified atom stereocenters. The first-order chi connectivity index (χ1) is 14.9. The van der Waals surface area contributed by atoms with E-state index >= 15 is 0 Å². The number of imide groups is 1. The van der Waals surface area contributed by atoms with Crippen LogP contribution < -0.4 is 0 Å². The Labute approximate surface area is 179 Å². The lowest BCUT2D eigenvalue weighted by molar-refractivity contribution is 0.0475. The van der Waals surface area contributed by atoms with Gasteiger partial charge in [-0.25, -0.2) is 4.79 Å². The second-order valence-electron chi connectivity index (χ2n) is 7.95. The highest BCUT2D eigenvalue weighted by atomic mass is 16.5. The minimum absolute atomic E-state index is 0.123. The molecule has 4 rings (SSSR count). The first kappa shape index (κ1) is 20.5. The maximum atomic E-state index is 12.6. The fourth-order valence-corrected chi connectivity index (χ4v) is 3.60. The molecule has 1 aliphatic heterocycles. The predicted octanol–water partition coefficient (Wildman–Crippen LogP) is 3.85. The van der Waals surface area contributed by atoms with Crippen LogP contribution in [0.15, 0.2) is 48.7 Å². The largest absolute Gasteiger partial charge is 0.454 e. The topological polar surface area (TPSA) is 96.5 Å². The van der Waals surface area contributed by atoms with Crippen molar-refractivity contribution < 1.29 is 23.9 Å². The fraction of sp³-hybridized carbons (Fsp3) is 0.250. The smallest absolute Gasteiger partial charge is 0.338 e. The lowest BCUT2D eigenvalue weighted by atomic mass is 10.1. The second-order valence-corrected chi connectivity index (χ2v) is 7.95. The van der Waals surface area contributed by atoms with Crippen molar-refractivity contribution in [2.45, 2.75) is 20.3 Å². The van der Waals surface area contributed by atoms with Crippen LogP contribution in [-0.4, -0.2) is 46.6 Å². The molecule has 2 heterocycles. The molecule has 0 radical (unpaired) electrons. The van der Waals surface area contributed by atoms with Crippen molar-refractivity contribution in [2.75, 3.05) is 13.2 Å². The van der Waals surface area contributed by atoms with Crippen molar-refractivity contribution in [3.05, 3.63) is 70.9 Å². The van der Waals surface area contributed by atoms with Gasteiger partial charge in [-0.1, -0.05) is 32.0 Å². The van der Waals surface area contributed by atoms with Gasteiger partial charge in [-0.15, -0.1) is 0 Å². The van der Waals surface area contributed by atoms with Crippen molar-refractivity contribution in [1.82, 2.24) is 9.88 Å². The summed E-state index contributed by atoms with van der Waals surface area (Å²) in [6.45, 7) is 3.95. The molecule has 1 aliphatic rings. The number of esters is 1. The maximum absolute atomic E-state index is 12.6. The van der Waals surface area contributed by atoms with E-state index in [4.69, 9.17) is 4.74 Å². The number of rotatable bonds is 7. The summed E-state index contributed by atoms with van der Waals surface area (Å²) >= 11 is 0. The molecule has 31 heavy (non-hydrogen) atoms. The number of nitrogens with one attached hydrogen (secondary N) is 1. The zero-order valence-corrected chi connectivity index (χ0v) is 17.3. The van der Waals surface area contributed by atoms with Crippen LogP contribution in [0.4, 0.5) is 0 Å². The number of hydrogen-bond acceptors (Lipinski definition) is 5. The number of H-pyrrole nitrogens is 1. The first-order valence-electron chi connectivity index (χ1n) is 10.1.